The Kier molecular flexibility index (Phi) is 5.07. The smallest absolute Gasteiger partial charge is 0.183 e. The van der Waals surface area contributed by atoms with Crippen molar-refractivity contribution in [3.63, 3.8) is 0 Å². The summed E-state index contributed by atoms with van der Waals surface area (Å²) in [6.07, 6.45) is 6.43. The van der Waals surface area contributed by atoms with Gasteiger partial charge in [-0.15, -0.1) is 0 Å². The van der Waals surface area contributed by atoms with Crippen molar-refractivity contribution in [2.75, 3.05) is 24.5 Å². The summed E-state index contributed by atoms with van der Waals surface area (Å²) in [6, 6.07) is 14.3. The zero-order valence-electron chi connectivity index (χ0n) is 17.0. The van der Waals surface area contributed by atoms with E-state index in [0.717, 1.165) is 55.9 Å². The largest absolute Gasteiger partial charge is 0.359 e. The molecular weight excluding hydrogens is 390 g/mol. The van der Waals surface area contributed by atoms with Crippen LogP contribution in [0.5, 0.6) is 0 Å². The molecule has 1 aromatic carbocycles. The first-order chi connectivity index (χ1) is 15.3. The van der Waals surface area contributed by atoms with E-state index in [-0.39, 0.29) is 6.04 Å². The van der Waals surface area contributed by atoms with E-state index in [1.54, 1.807) is 18.5 Å². The fourth-order valence-electron chi connectivity index (χ4n) is 4.72. The summed E-state index contributed by atoms with van der Waals surface area (Å²) < 4.78 is 5.78. The van der Waals surface area contributed by atoms with Gasteiger partial charge in [0.15, 0.2) is 17.3 Å². The van der Waals surface area contributed by atoms with Crippen molar-refractivity contribution in [3.8, 4) is 23.4 Å². The van der Waals surface area contributed by atoms with Crippen LogP contribution in [-0.2, 0) is 0 Å². The van der Waals surface area contributed by atoms with Crippen LogP contribution in [0.2, 0.25) is 0 Å². The van der Waals surface area contributed by atoms with Gasteiger partial charge in [0.05, 0.1) is 17.7 Å². The van der Waals surface area contributed by atoms with Crippen LogP contribution < -0.4 is 4.90 Å². The average Bonchev–Trinajstić information content (AvgIpc) is 3.33. The summed E-state index contributed by atoms with van der Waals surface area (Å²) in [4.78, 5) is 13.2. The molecule has 0 N–H and O–H groups in total. The SMILES string of the molecule is N#Cc1cccc(-c2cc(C3CCCC4CN(c5nccnc5C#N)CCN43)on2)c1. The van der Waals surface area contributed by atoms with Crippen LogP contribution >= 0.6 is 0 Å². The number of hydrogen-bond acceptors (Lipinski definition) is 8. The second kappa shape index (κ2) is 8.17. The molecule has 2 aliphatic heterocycles. The number of nitriles is 2. The molecule has 4 heterocycles. The van der Waals surface area contributed by atoms with E-state index in [2.05, 4.69) is 37.1 Å². The number of anilines is 1. The molecular formula is C23H21N7O. The van der Waals surface area contributed by atoms with Crippen molar-refractivity contribution < 1.29 is 4.52 Å². The highest BCUT2D eigenvalue weighted by molar-refractivity contribution is 5.61. The van der Waals surface area contributed by atoms with E-state index < -0.39 is 0 Å². The fraction of sp³-hybridized carbons (Fsp3) is 0.348. The summed E-state index contributed by atoms with van der Waals surface area (Å²) in [5.74, 6) is 1.54. The minimum atomic E-state index is 0.179. The number of nitrogens with zero attached hydrogens (tertiary/aromatic N) is 7. The molecule has 2 fully saturated rings. The molecule has 5 rings (SSSR count). The molecule has 2 atom stereocenters. The number of piperazine rings is 1. The summed E-state index contributed by atoms with van der Waals surface area (Å²) in [5, 5.41) is 22.8. The third-order valence-electron chi connectivity index (χ3n) is 6.17. The van der Waals surface area contributed by atoms with Gasteiger partial charge < -0.3 is 9.42 Å². The maximum Gasteiger partial charge on any atom is 0.183 e. The molecule has 0 bridgehead atoms. The maximum atomic E-state index is 9.37. The Balaban J connectivity index is 1.36. The highest BCUT2D eigenvalue weighted by atomic mass is 16.5. The third kappa shape index (κ3) is 3.63. The molecule has 0 spiro atoms. The molecule has 2 aromatic heterocycles. The monoisotopic (exact) mass is 411 g/mol. The van der Waals surface area contributed by atoms with Gasteiger partial charge in [-0.25, -0.2) is 9.97 Å². The number of fused-ring (bicyclic) bond motifs is 1. The topological polar surface area (TPSA) is 106 Å². The Bertz CT molecular complexity index is 1170. The van der Waals surface area contributed by atoms with E-state index >= 15 is 0 Å². The van der Waals surface area contributed by atoms with Gasteiger partial charge in [0.2, 0.25) is 0 Å². The molecule has 2 aliphatic rings. The number of aromatic nitrogens is 3. The zero-order chi connectivity index (χ0) is 21.2. The third-order valence-corrected chi connectivity index (χ3v) is 6.17. The van der Waals surface area contributed by atoms with Crippen LogP contribution in [0.1, 0.15) is 42.3 Å². The second-order valence-electron chi connectivity index (χ2n) is 7.93. The van der Waals surface area contributed by atoms with Gasteiger partial charge in [-0.1, -0.05) is 17.3 Å². The minimum absolute atomic E-state index is 0.179. The van der Waals surface area contributed by atoms with Crippen molar-refractivity contribution in [1.82, 2.24) is 20.0 Å². The minimum Gasteiger partial charge on any atom is -0.359 e. The van der Waals surface area contributed by atoms with Crippen LogP contribution in [-0.4, -0.2) is 45.7 Å². The van der Waals surface area contributed by atoms with Crippen molar-refractivity contribution in [3.05, 3.63) is 59.7 Å². The molecule has 8 nitrogen and oxygen atoms in total. The van der Waals surface area contributed by atoms with Gasteiger partial charge in [-0.2, -0.15) is 10.5 Å². The van der Waals surface area contributed by atoms with E-state index in [4.69, 9.17) is 9.78 Å². The Morgan fingerprint density at radius 2 is 1.94 bits per heavy atom. The van der Waals surface area contributed by atoms with Gasteiger partial charge in [0.1, 0.15) is 11.8 Å². The average molecular weight is 411 g/mol. The van der Waals surface area contributed by atoms with Crippen LogP contribution in [0.25, 0.3) is 11.3 Å². The van der Waals surface area contributed by atoms with E-state index in [1.165, 1.54) is 0 Å². The van der Waals surface area contributed by atoms with E-state index in [1.807, 2.05) is 24.3 Å². The maximum absolute atomic E-state index is 9.37. The summed E-state index contributed by atoms with van der Waals surface area (Å²) in [7, 11) is 0. The normalized spacial score (nSPS) is 21.2. The first-order valence-corrected chi connectivity index (χ1v) is 10.5. The van der Waals surface area contributed by atoms with Gasteiger partial charge >= 0.3 is 0 Å². The number of benzene rings is 1. The molecule has 2 saturated heterocycles. The second-order valence-corrected chi connectivity index (χ2v) is 7.93. The highest BCUT2D eigenvalue weighted by Gasteiger charge is 2.38. The quantitative estimate of drug-likeness (QED) is 0.646. The number of piperidine rings is 1. The van der Waals surface area contributed by atoms with Crippen molar-refractivity contribution in [2.45, 2.75) is 31.3 Å². The van der Waals surface area contributed by atoms with Crippen molar-refractivity contribution in [1.29, 1.82) is 10.5 Å². The molecule has 0 saturated carbocycles. The predicted molar refractivity (Wildman–Crippen MR) is 113 cm³/mol. The van der Waals surface area contributed by atoms with E-state index in [9.17, 15) is 5.26 Å². The standard InChI is InChI=1S/C23H21N7O/c24-13-16-3-1-4-17(11-16)19-12-22(31-28-19)21-6-2-5-18-15-29(9-10-30(18)21)23-20(14-25)26-7-8-27-23/h1,3-4,7-8,11-12,18,21H,2,5-6,9-10,15H2. The molecule has 0 aliphatic carbocycles. The number of hydrogen-bond donors (Lipinski definition) is 0. The van der Waals surface area contributed by atoms with Crippen LogP contribution in [0.15, 0.2) is 47.2 Å². The lowest BCUT2D eigenvalue weighted by Gasteiger charge is -2.47. The van der Waals surface area contributed by atoms with E-state index in [0.29, 0.717) is 23.1 Å². The Labute approximate surface area is 180 Å². The number of rotatable bonds is 3. The first kappa shape index (κ1) is 19.2. The Morgan fingerprint density at radius 3 is 2.81 bits per heavy atom. The fourth-order valence-corrected chi connectivity index (χ4v) is 4.72. The molecule has 31 heavy (non-hydrogen) atoms. The van der Waals surface area contributed by atoms with Gasteiger partial charge in [0.25, 0.3) is 0 Å². The van der Waals surface area contributed by atoms with Crippen LogP contribution in [0, 0.1) is 22.7 Å². The molecule has 3 aromatic rings. The lowest BCUT2D eigenvalue weighted by atomic mass is 9.91. The molecule has 0 amide bonds. The van der Waals surface area contributed by atoms with Gasteiger partial charge in [0, 0.05) is 49.7 Å². The summed E-state index contributed by atoms with van der Waals surface area (Å²) in [6.45, 7) is 2.46. The molecule has 2 unspecified atom stereocenters. The van der Waals surface area contributed by atoms with Crippen molar-refractivity contribution >= 4 is 5.82 Å². The zero-order valence-corrected chi connectivity index (χ0v) is 17.0. The predicted octanol–water partition coefficient (Wildman–Crippen LogP) is 3.29. The summed E-state index contributed by atoms with van der Waals surface area (Å²) >= 11 is 0. The lowest BCUT2D eigenvalue weighted by molar-refractivity contribution is 0.0558. The Morgan fingerprint density at radius 1 is 1.03 bits per heavy atom. The Hall–Kier alpha value is -3.75. The first-order valence-electron chi connectivity index (χ1n) is 10.5. The van der Waals surface area contributed by atoms with Gasteiger partial charge in [-0.05, 0) is 31.4 Å². The van der Waals surface area contributed by atoms with Gasteiger partial charge in [-0.3, -0.25) is 4.90 Å². The van der Waals surface area contributed by atoms with Crippen LogP contribution in [0.3, 0.4) is 0 Å². The van der Waals surface area contributed by atoms with Crippen molar-refractivity contribution in [2.24, 2.45) is 0 Å². The lowest BCUT2D eigenvalue weighted by Crippen LogP contribution is -2.56. The molecule has 0 radical (unpaired) electrons. The van der Waals surface area contributed by atoms with Crippen LogP contribution in [0.4, 0.5) is 5.82 Å². The molecule has 154 valence electrons. The molecule has 8 heteroatoms. The highest BCUT2D eigenvalue weighted by Crippen LogP contribution is 2.38. The summed E-state index contributed by atoms with van der Waals surface area (Å²) in [5.41, 5.74) is 2.63.